The van der Waals surface area contributed by atoms with Crippen LogP contribution >= 0.6 is 0 Å². The highest BCUT2D eigenvalue weighted by Crippen LogP contribution is 2.27. The van der Waals surface area contributed by atoms with E-state index >= 15 is 0 Å². The van der Waals surface area contributed by atoms with Gasteiger partial charge in [-0.15, -0.1) is 0 Å². The van der Waals surface area contributed by atoms with E-state index in [-0.39, 0.29) is 11.8 Å². The third kappa shape index (κ3) is 4.68. The highest BCUT2D eigenvalue weighted by atomic mass is 16.2. The number of hydrazine groups is 1. The lowest BCUT2D eigenvalue weighted by Gasteiger charge is -2.20. The lowest BCUT2D eigenvalue weighted by atomic mass is 9.86. The Morgan fingerprint density at radius 2 is 1.70 bits per heavy atom. The van der Waals surface area contributed by atoms with Gasteiger partial charge in [-0.1, -0.05) is 50.3 Å². The van der Waals surface area contributed by atoms with Gasteiger partial charge >= 0.3 is 0 Å². The number of carbonyl (C=O) groups is 2. The second-order valence-corrected chi connectivity index (χ2v) is 5.41. The molecule has 2 rings (SSSR count). The molecule has 0 aromatic heterocycles. The van der Waals surface area contributed by atoms with Crippen LogP contribution in [0, 0.1) is 5.92 Å². The molecule has 0 saturated heterocycles. The summed E-state index contributed by atoms with van der Waals surface area (Å²) in [4.78, 5) is 23.4. The first-order valence-corrected chi connectivity index (χ1v) is 7.40. The standard InChI is InChI=1S/C16H22N2O2/c19-15(12-11-13-7-3-1-4-8-13)17-18-16(20)14-9-5-2-6-10-14/h2,5-6,9-10,13H,1,3-4,7-8,11-12H2,(H,17,19)(H,18,20). The summed E-state index contributed by atoms with van der Waals surface area (Å²) in [6, 6.07) is 8.85. The van der Waals surface area contributed by atoms with Crippen molar-refractivity contribution in [3.63, 3.8) is 0 Å². The first-order valence-electron chi connectivity index (χ1n) is 7.40. The third-order valence-electron chi connectivity index (χ3n) is 3.86. The van der Waals surface area contributed by atoms with Crippen LogP contribution in [-0.4, -0.2) is 11.8 Å². The zero-order chi connectivity index (χ0) is 14.2. The fourth-order valence-electron chi connectivity index (χ4n) is 2.66. The van der Waals surface area contributed by atoms with Crippen molar-refractivity contribution in [2.45, 2.75) is 44.9 Å². The van der Waals surface area contributed by atoms with Gasteiger partial charge < -0.3 is 0 Å². The Morgan fingerprint density at radius 1 is 1.00 bits per heavy atom. The normalized spacial score (nSPS) is 15.6. The van der Waals surface area contributed by atoms with Crippen molar-refractivity contribution in [3.05, 3.63) is 35.9 Å². The summed E-state index contributed by atoms with van der Waals surface area (Å²) >= 11 is 0. The summed E-state index contributed by atoms with van der Waals surface area (Å²) < 4.78 is 0. The molecule has 2 amide bonds. The molecular weight excluding hydrogens is 252 g/mol. The molecular formula is C16H22N2O2. The Balaban J connectivity index is 1.66. The number of rotatable bonds is 4. The van der Waals surface area contributed by atoms with E-state index in [0.717, 1.165) is 6.42 Å². The highest BCUT2D eigenvalue weighted by Gasteiger charge is 2.15. The van der Waals surface area contributed by atoms with Crippen LogP contribution in [0.15, 0.2) is 30.3 Å². The van der Waals surface area contributed by atoms with Crippen LogP contribution in [0.3, 0.4) is 0 Å². The van der Waals surface area contributed by atoms with Crippen molar-refractivity contribution >= 4 is 11.8 Å². The summed E-state index contributed by atoms with van der Waals surface area (Å²) in [7, 11) is 0. The maximum atomic E-state index is 11.7. The first kappa shape index (κ1) is 14.6. The zero-order valence-corrected chi connectivity index (χ0v) is 11.7. The molecule has 0 spiro atoms. The molecule has 0 heterocycles. The number of amides is 2. The third-order valence-corrected chi connectivity index (χ3v) is 3.86. The molecule has 1 aromatic carbocycles. The molecule has 1 saturated carbocycles. The van der Waals surface area contributed by atoms with Gasteiger partial charge in [0, 0.05) is 12.0 Å². The minimum Gasteiger partial charge on any atom is -0.273 e. The zero-order valence-electron chi connectivity index (χ0n) is 11.7. The van der Waals surface area contributed by atoms with Crippen LogP contribution in [0.5, 0.6) is 0 Å². The van der Waals surface area contributed by atoms with Gasteiger partial charge in [0.2, 0.25) is 5.91 Å². The molecule has 108 valence electrons. The van der Waals surface area contributed by atoms with Crippen LogP contribution in [0.25, 0.3) is 0 Å². The van der Waals surface area contributed by atoms with Gasteiger partial charge in [-0.05, 0) is 24.5 Å². The molecule has 20 heavy (non-hydrogen) atoms. The number of nitrogens with one attached hydrogen (secondary N) is 2. The van der Waals surface area contributed by atoms with Crippen molar-refractivity contribution in [3.8, 4) is 0 Å². The van der Waals surface area contributed by atoms with E-state index in [9.17, 15) is 9.59 Å². The minimum absolute atomic E-state index is 0.111. The van der Waals surface area contributed by atoms with Crippen LogP contribution in [-0.2, 0) is 4.79 Å². The Hall–Kier alpha value is -1.84. The van der Waals surface area contributed by atoms with Gasteiger partial charge in [-0.3, -0.25) is 20.4 Å². The summed E-state index contributed by atoms with van der Waals surface area (Å²) in [6.07, 6.45) is 7.80. The molecule has 0 radical (unpaired) electrons. The number of hydrogen-bond acceptors (Lipinski definition) is 2. The molecule has 0 aliphatic heterocycles. The Labute approximate surface area is 119 Å². The summed E-state index contributed by atoms with van der Waals surface area (Å²) in [5, 5.41) is 0. The van der Waals surface area contributed by atoms with Crippen molar-refractivity contribution < 1.29 is 9.59 Å². The van der Waals surface area contributed by atoms with E-state index in [1.54, 1.807) is 24.3 Å². The topological polar surface area (TPSA) is 58.2 Å². The van der Waals surface area contributed by atoms with Gasteiger partial charge in [0.15, 0.2) is 0 Å². The van der Waals surface area contributed by atoms with Gasteiger partial charge in [0.1, 0.15) is 0 Å². The SMILES string of the molecule is O=C(CCC1CCCCC1)NNC(=O)c1ccccc1. The van der Waals surface area contributed by atoms with E-state index < -0.39 is 0 Å². The van der Waals surface area contributed by atoms with E-state index in [1.807, 2.05) is 6.07 Å². The first-order chi connectivity index (χ1) is 9.75. The number of carbonyl (C=O) groups excluding carboxylic acids is 2. The molecule has 1 aliphatic rings. The molecule has 0 atom stereocenters. The smallest absolute Gasteiger partial charge is 0.269 e. The molecule has 1 aromatic rings. The summed E-state index contributed by atoms with van der Waals surface area (Å²) in [5.41, 5.74) is 5.47. The molecule has 0 unspecified atom stereocenters. The Bertz CT molecular complexity index is 439. The second kappa shape index (κ2) is 7.68. The van der Waals surface area contributed by atoms with E-state index in [0.29, 0.717) is 17.9 Å². The molecule has 4 heteroatoms. The van der Waals surface area contributed by atoms with Gasteiger partial charge in [-0.2, -0.15) is 0 Å². The lowest BCUT2D eigenvalue weighted by molar-refractivity contribution is -0.122. The van der Waals surface area contributed by atoms with E-state index in [4.69, 9.17) is 0 Å². The lowest BCUT2D eigenvalue weighted by Crippen LogP contribution is -2.41. The van der Waals surface area contributed by atoms with Crippen LogP contribution < -0.4 is 10.9 Å². The van der Waals surface area contributed by atoms with Crippen molar-refractivity contribution in [1.82, 2.24) is 10.9 Å². The average molecular weight is 274 g/mol. The molecule has 1 aliphatic carbocycles. The highest BCUT2D eigenvalue weighted by molar-refractivity contribution is 5.95. The van der Waals surface area contributed by atoms with Crippen molar-refractivity contribution in [2.75, 3.05) is 0 Å². The Morgan fingerprint density at radius 3 is 2.40 bits per heavy atom. The maximum absolute atomic E-state index is 11.7. The number of benzene rings is 1. The van der Waals surface area contributed by atoms with Gasteiger partial charge in [0.05, 0.1) is 0 Å². The second-order valence-electron chi connectivity index (χ2n) is 5.41. The minimum atomic E-state index is -0.281. The fraction of sp³-hybridized carbons (Fsp3) is 0.500. The molecule has 2 N–H and O–H groups in total. The van der Waals surface area contributed by atoms with Crippen LogP contribution in [0.2, 0.25) is 0 Å². The van der Waals surface area contributed by atoms with Crippen molar-refractivity contribution in [1.29, 1.82) is 0 Å². The van der Waals surface area contributed by atoms with Gasteiger partial charge in [0.25, 0.3) is 5.91 Å². The van der Waals surface area contributed by atoms with Crippen LogP contribution in [0.1, 0.15) is 55.3 Å². The van der Waals surface area contributed by atoms with Crippen molar-refractivity contribution in [2.24, 2.45) is 5.92 Å². The van der Waals surface area contributed by atoms with E-state index in [1.165, 1.54) is 32.1 Å². The predicted molar refractivity (Wildman–Crippen MR) is 77.9 cm³/mol. The Kier molecular flexibility index (Phi) is 5.59. The monoisotopic (exact) mass is 274 g/mol. The maximum Gasteiger partial charge on any atom is 0.269 e. The number of hydrogen-bond donors (Lipinski definition) is 2. The molecule has 1 fully saturated rings. The summed E-state index contributed by atoms with van der Waals surface area (Å²) in [5.74, 6) is 0.288. The predicted octanol–water partition coefficient (Wildman–Crippen LogP) is 2.81. The quantitative estimate of drug-likeness (QED) is 0.829. The summed E-state index contributed by atoms with van der Waals surface area (Å²) in [6.45, 7) is 0. The molecule has 0 bridgehead atoms. The van der Waals surface area contributed by atoms with E-state index in [2.05, 4.69) is 10.9 Å². The fourth-order valence-corrected chi connectivity index (χ4v) is 2.66. The van der Waals surface area contributed by atoms with Gasteiger partial charge in [-0.25, -0.2) is 0 Å². The largest absolute Gasteiger partial charge is 0.273 e. The van der Waals surface area contributed by atoms with Crippen LogP contribution in [0.4, 0.5) is 0 Å². The average Bonchev–Trinajstić information content (AvgIpc) is 2.52. The molecule has 4 nitrogen and oxygen atoms in total.